The van der Waals surface area contributed by atoms with E-state index in [-0.39, 0.29) is 0 Å². The molecule has 0 nitrogen and oxygen atoms in total. The van der Waals surface area contributed by atoms with E-state index in [4.69, 9.17) is 0 Å². The molecule has 0 aliphatic heterocycles. The van der Waals surface area contributed by atoms with Crippen molar-refractivity contribution in [2.75, 3.05) is 0 Å². The predicted molar refractivity (Wildman–Crippen MR) is 58.1 cm³/mol. The van der Waals surface area contributed by atoms with Gasteiger partial charge in [0.15, 0.2) is 0 Å². The molecule has 0 saturated carbocycles. The molecule has 0 aliphatic carbocycles. The Balaban J connectivity index is 3.11. The van der Waals surface area contributed by atoms with Crippen LogP contribution in [0.25, 0.3) is 0 Å². The zero-order chi connectivity index (χ0) is 9.03. The van der Waals surface area contributed by atoms with E-state index in [9.17, 15) is 0 Å². The molecule has 0 saturated heterocycles. The van der Waals surface area contributed by atoms with E-state index in [1.165, 1.54) is 3.58 Å². The number of benzene rings is 1. The van der Waals surface area contributed by atoms with Gasteiger partial charge in [-0.05, 0) is 0 Å². The molecular weight excluding hydrogens is 251 g/mol. The molecule has 12 heavy (non-hydrogen) atoms. The monoisotopic (exact) mass is 266 g/mol. The molecule has 0 unspecified atom stereocenters. The van der Waals surface area contributed by atoms with E-state index in [0.29, 0.717) is 0 Å². The van der Waals surface area contributed by atoms with Crippen LogP contribution >= 0.6 is 0 Å². The quantitative estimate of drug-likeness (QED) is 0.736. The molecule has 1 rings (SSSR count). The molecule has 0 aromatic heterocycles. The van der Waals surface area contributed by atoms with Crippen LogP contribution in [0.3, 0.4) is 0 Å². The molecule has 0 fully saturated rings. The van der Waals surface area contributed by atoms with Crippen molar-refractivity contribution < 1.29 is 0 Å². The van der Waals surface area contributed by atoms with Crippen molar-refractivity contribution in [3.63, 3.8) is 0 Å². The van der Waals surface area contributed by atoms with Crippen molar-refractivity contribution in [3.8, 4) is 0 Å². The van der Waals surface area contributed by atoms with Gasteiger partial charge in [0.25, 0.3) is 0 Å². The van der Waals surface area contributed by atoms with E-state index in [0.717, 1.165) is 0 Å². The van der Waals surface area contributed by atoms with Crippen LogP contribution < -0.4 is 3.58 Å². The molecule has 0 radical (unpaired) electrons. The van der Waals surface area contributed by atoms with Gasteiger partial charge in [-0.1, -0.05) is 0 Å². The van der Waals surface area contributed by atoms with Crippen LogP contribution in [0.4, 0.5) is 0 Å². The van der Waals surface area contributed by atoms with Crippen LogP contribution in [0.1, 0.15) is 0 Å². The Morgan fingerprint density at radius 2 is 1.58 bits per heavy atom. The SMILES string of the molecule is C=[CH][Sn]([CH3])([CH]=C)[c]1ccccc1. The van der Waals surface area contributed by atoms with Crippen LogP contribution in [-0.2, 0) is 0 Å². The molecule has 0 amide bonds. The maximum atomic E-state index is 3.90. The van der Waals surface area contributed by atoms with Gasteiger partial charge in [0.05, 0.1) is 0 Å². The van der Waals surface area contributed by atoms with Gasteiger partial charge in [0.2, 0.25) is 0 Å². The van der Waals surface area contributed by atoms with Crippen molar-refractivity contribution in [1.29, 1.82) is 0 Å². The van der Waals surface area contributed by atoms with Crippen LogP contribution in [0.5, 0.6) is 0 Å². The Bertz CT molecular complexity index is 266. The summed E-state index contributed by atoms with van der Waals surface area (Å²) in [7, 11) is 0. The average molecular weight is 265 g/mol. The van der Waals surface area contributed by atoms with E-state index in [1.54, 1.807) is 0 Å². The van der Waals surface area contributed by atoms with Gasteiger partial charge in [-0.3, -0.25) is 0 Å². The molecule has 0 heterocycles. The van der Waals surface area contributed by atoms with Crippen LogP contribution in [0.2, 0.25) is 4.94 Å². The second-order valence-corrected chi connectivity index (χ2v) is 14.4. The van der Waals surface area contributed by atoms with Gasteiger partial charge in [0, 0.05) is 0 Å². The summed E-state index contributed by atoms with van der Waals surface area (Å²) in [6.07, 6.45) is 0. The Labute approximate surface area is 78.5 Å². The van der Waals surface area contributed by atoms with Gasteiger partial charge in [-0.15, -0.1) is 0 Å². The summed E-state index contributed by atoms with van der Waals surface area (Å²) in [5.74, 6) is 0. The molecule has 0 aliphatic rings. The fraction of sp³-hybridized carbons (Fsp3) is 0.0909. The Kier molecular flexibility index (Phi) is 3.15. The molecular formula is C11H14Sn. The van der Waals surface area contributed by atoms with Gasteiger partial charge in [-0.25, -0.2) is 0 Å². The molecule has 0 N–H and O–H groups in total. The Hall–Kier alpha value is -0.501. The second kappa shape index (κ2) is 3.94. The third kappa shape index (κ3) is 1.80. The average Bonchev–Trinajstić information content (AvgIpc) is 2.18. The second-order valence-electron chi connectivity index (χ2n) is 3.06. The van der Waals surface area contributed by atoms with E-state index < -0.39 is 18.4 Å². The summed E-state index contributed by atoms with van der Waals surface area (Å²) in [5.41, 5.74) is 0. The van der Waals surface area contributed by atoms with Crippen molar-refractivity contribution >= 4 is 22.0 Å². The summed E-state index contributed by atoms with van der Waals surface area (Å²) in [6, 6.07) is 10.6. The first-order valence-electron chi connectivity index (χ1n) is 4.05. The minimum absolute atomic E-state index is 1.44. The van der Waals surface area contributed by atoms with E-state index in [2.05, 4.69) is 50.5 Å². The molecule has 1 aromatic carbocycles. The van der Waals surface area contributed by atoms with Crippen molar-refractivity contribution in [2.24, 2.45) is 0 Å². The summed E-state index contributed by atoms with van der Waals surface area (Å²) < 4.78 is 5.69. The molecule has 0 spiro atoms. The van der Waals surface area contributed by atoms with Gasteiger partial charge in [0.1, 0.15) is 0 Å². The topological polar surface area (TPSA) is 0 Å². The van der Waals surface area contributed by atoms with Crippen LogP contribution in [-0.4, -0.2) is 18.4 Å². The fourth-order valence-electron chi connectivity index (χ4n) is 1.12. The zero-order valence-corrected chi connectivity index (χ0v) is 10.3. The van der Waals surface area contributed by atoms with E-state index >= 15 is 0 Å². The van der Waals surface area contributed by atoms with Crippen LogP contribution in [0.15, 0.2) is 51.7 Å². The molecule has 1 aromatic rings. The fourth-order valence-corrected chi connectivity index (χ4v) is 5.54. The third-order valence-corrected chi connectivity index (χ3v) is 11.6. The number of hydrogen-bond donors (Lipinski definition) is 0. The van der Waals surface area contributed by atoms with E-state index in [1.807, 2.05) is 6.07 Å². The Morgan fingerprint density at radius 3 is 2.00 bits per heavy atom. The van der Waals surface area contributed by atoms with Gasteiger partial charge in [-0.2, -0.15) is 0 Å². The van der Waals surface area contributed by atoms with Crippen molar-refractivity contribution in [2.45, 2.75) is 4.94 Å². The molecule has 62 valence electrons. The predicted octanol–water partition coefficient (Wildman–Crippen LogP) is 2.42. The standard InChI is InChI=1S/C6H5.2C2H3.CH3.Sn/c1-2-4-6-5-3-1;2*1-2;;/h1-5H;2*1H,2H2;1H3;. The molecule has 0 atom stereocenters. The summed E-state index contributed by atoms with van der Waals surface area (Å²) in [6.45, 7) is 7.80. The minimum atomic E-state index is -2.29. The maximum absolute atomic E-state index is 3.90. The summed E-state index contributed by atoms with van der Waals surface area (Å²) >= 11 is -2.29. The number of rotatable bonds is 3. The van der Waals surface area contributed by atoms with Gasteiger partial charge >= 0.3 is 78.6 Å². The zero-order valence-electron chi connectivity index (χ0n) is 7.46. The summed E-state index contributed by atoms with van der Waals surface area (Å²) in [4.78, 5) is 2.31. The van der Waals surface area contributed by atoms with Crippen molar-refractivity contribution in [3.05, 3.63) is 51.7 Å². The molecule has 1 heteroatoms. The summed E-state index contributed by atoms with van der Waals surface area (Å²) in [5, 5.41) is 0. The first-order valence-corrected chi connectivity index (χ1v) is 11.6. The first kappa shape index (κ1) is 9.59. The third-order valence-electron chi connectivity index (χ3n) is 2.24. The number of hydrogen-bond acceptors (Lipinski definition) is 0. The molecule has 0 bridgehead atoms. The van der Waals surface area contributed by atoms with Crippen molar-refractivity contribution in [1.82, 2.24) is 0 Å². The van der Waals surface area contributed by atoms with Gasteiger partial charge < -0.3 is 0 Å². The van der Waals surface area contributed by atoms with Crippen LogP contribution in [0, 0.1) is 0 Å². The normalized spacial score (nSPS) is 10.8. The Morgan fingerprint density at radius 1 is 1.08 bits per heavy atom. The first-order chi connectivity index (χ1) is 5.73.